The summed E-state index contributed by atoms with van der Waals surface area (Å²) in [6.45, 7) is 8.95. The van der Waals surface area contributed by atoms with Crippen LogP contribution >= 0.6 is 11.3 Å². The topological polar surface area (TPSA) is 92.6 Å². The molecule has 0 spiro atoms. The van der Waals surface area contributed by atoms with Gasteiger partial charge in [0.05, 0.1) is 28.4 Å². The van der Waals surface area contributed by atoms with Crippen LogP contribution in [0.2, 0.25) is 0 Å². The van der Waals surface area contributed by atoms with Crippen molar-refractivity contribution >= 4 is 44.1 Å². The first-order chi connectivity index (χ1) is 18.2. The number of rotatable bonds is 6. The van der Waals surface area contributed by atoms with Gasteiger partial charge in [0.2, 0.25) is 0 Å². The number of amides is 1. The molecule has 194 valence electrons. The molecule has 1 saturated heterocycles. The number of fused-ring (bicyclic) bond motifs is 1. The summed E-state index contributed by atoms with van der Waals surface area (Å²) in [4.78, 5) is 37.3. The number of hydrogen-bond acceptors (Lipinski definition) is 7. The Labute approximate surface area is 225 Å². The number of aliphatic hydroxyl groups excluding tert-OH is 1. The Morgan fingerprint density at radius 3 is 2.63 bits per heavy atom. The van der Waals surface area contributed by atoms with Gasteiger partial charge in [0.25, 0.3) is 5.78 Å². The number of anilines is 1. The molecule has 1 aliphatic rings. The summed E-state index contributed by atoms with van der Waals surface area (Å²) in [5, 5.41) is 11.8. The van der Waals surface area contributed by atoms with Gasteiger partial charge < -0.3 is 9.84 Å². The highest BCUT2D eigenvalue weighted by Gasteiger charge is 2.48. The molecule has 1 amide bonds. The summed E-state index contributed by atoms with van der Waals surface area (Å²) in [6, 6.07) is 15.6. The largest absolute Gasteiger partial charge is 0.507 e. The number of thiazole rings is 1. The van der Waals surface area contributed by atoms with E-state index in [0.717, 1.165) is 22.2 Å². The molecule has 38 heavy (non-hydrogen) atoms. The van der Waals surface area contributed by atoms with E-state index in [1.165, 1.54) is 16.2 Å². The van der Waals surface area contributed by atoms with Gasteiger partial charge in [0.1, 0.15) is 11.5 Å². The molecule has 1 aliphatic heterocycles. The fourth-order valence-corrected chi connectivity index (χ4v) is 5.51. The van der Waals surface area contributed by atoms with Gasteiger partial charge in [-0.1, -0.05) is 63.3 Å². The molecule has 7 nitrogen and oxygen atoms in total. The first-order valence-corrected chi connectivity index (χ1v) is 13.4. The van der Waals surface area contributed by atoms with E-state index in [0.29, 0.717) is 28.6 Å². The molecular formula is C30H29N3O4S. The molecule has 1 atom stereocenters. The van der Waals surface area contributed by atoms with Crippen LogP contribution < -0.4 is 9.64 Å². The number of Topliss-reactive ketones (excluding diaryl/α,β-unsaturated/α-hetero) is 1. The molecule has 0 aliphatic carbocycles. The number of carbonyl (C=O) groups is 2. The van der Waals surface area contributed by atoms with E-state index in [-0.39, 0.29) is 16.7 Å². The Balaban J connectivity index is 1.65. The minimum absolute atomic E-state index is 0.00900. The zero-order chi connectivity index (χ0) is 27.0. The fraction of sp³-hybridized carbons (Fsp3) is 0.267. The Morgan fingerprint density at radius 2 is 1.92 bits per heavy atom. The van der Waals surface area contributed by atoms with Crippen molar-refractivity contribution in [3.63, 3.8) is 0 Å². The van der Waals surface area contributed by atoms with Gasteiger partial charge in [-0.3, -0.25) is 19.5 Å². The summed E-state index contributed by atoms with van der Waals surface area (Å²) in [5.74, 6) is -1.21. The van der Waals surface area contributed by atoms with Gasteiger partial charge in [0, 0.05) is 18.0 Å². The molecule has 2 aromatic carbocycles. The SMILES string of the molecule is CCCOc1cccc(/C(O)=C2\C(=O)C(=O)N(c3nc4ccc(C(C)(C)C)cc4s3)C2c2cccnc2)c1. The zero-order valence-corrected chi connectivity index (χ0v) is 22.6. The van der Waals surface area contributed by atoms with Crippen LogP contribution in [0, 0.1) is 0 Å². The number of benzene rings is 2. The summed E-state index contributed by atoms with van der Waals surface area (Å²) < 4.78 is 6.63. The molecule has 1 fully saturated rings. The molecule has 1 unspecified atom stereocenters. The molecule has 2 aromatic heterocycles. The van der Waals surface area contributed by atoms with Crippen molar-refractivity contribution in [1.29, 1.82) is 0 Å². The summed E-state index contributed by atoms with van der Waals surface area (Å²) >= 11 is 1.35. The maximum Gasteiger partial charge on any atom is 0.301 e. The van der Waals surface area contributed by atoms with Crippen LogP contribution in [0.4, 0.5) is 5.13 Å². The van der Waals surface area contributed by atoms with Crippen molar-refractivity contribution in [3.8, 4) is 5.75 Å². The molecule has 0 bridgehead atoms. The van der Waals surface area contributed by atoms with Gasteiger partial charge >= 0.3 is 5.91 Å². The quantitative estimate of drug-likeness (QED) is 0.177. The number of nitrogens with zero attached hydrogens (tertiary/aromatic N) is 3. The van der Waals surface area contributed by atoms with E-state index in [2.05, 4.69) is 31.8 Å². The van der Waals surface area contributed by atoms with Gasteiger partial charge in [-0.25, -0.2) is 4.98 Å². The normalized spacial score (nSPS) is 17.4. The van der Waals surface area contributed by atoms with Gasteiger partial charge in [-0.05, 0) is 53.3 Å². The molecular weight excluding hydrogens is 498 g/mol. The second-order valence-corrected chi connectivity index (χ2v) is 11.3. The van der Waals surface area contributed by atoms with Crippen LogP contribution in [0.25, 0.3) is 16.0 Å². The molecule has 1 N–H and O–H groups in total. The molecule has 0 saturated carbocycles. The monoisotopic (exact) mass is 527 g/mol. The van der Waals surface area contributed by atoms with Crippen LogP contribution in [0.5, 0.6) is 5.75 Å². The first kappa shape index (κ1) is 25.6. The summed E-state index contributed by atoms with van der Waals surface area (Å²) in [7, 11) is 0. The van der Waals surface area contributed by atoms with Crippen molar-refractivity contribution < 1.29 is 19.4 Å². The number of carbonyl (C=O) groups excluding carboxylic acids is 2. The lowest BCUT2D eigenvalue weighted by atomic mass is 9.87. The van der Waals surface area contributed by atoms with E-state index in [1.54, 1.807) is 48.8 Å². The number of ketones is 1. The average Bonchev–Trinajstić information content (AvgIpc) is 3.45. The molecule has 4 aromatic rings. The highest BCUT2D eigenvalue weighted by Crippen LogP contribution is 2.44. The van der Waals surface area contributed by atoms with E-state index < -0.39 is 17.7 Å². The van der Waals surface area contributed by atoms with Crippen molar-refractivity contribution in [3.05, 3.63) is 89.3 Å². The van der Waals surface area contributed by atoms with E-state index in [1.807, 2.05) is 19.1 Å². The first-order valence-electron chi connectivity index (χ1n) is 12.5. The summed E-state index contributed by atoms with van der Waals surface area (Å²) in [5.41, 5.74) is 2.82. The van der Waals surface area contributed by atoms with Crippen LogP contribution in [0.3, 0.4) is 0 Å². The minimum Gasteiger partial charge on any atom is -0.507 e. The minimum atomic E-state index is -0.883. The Kier molecular flexibility index (Phi) is 6.75. The van der Waals surface area contributed by atoms with E-state index in [9.17, 15) is 14.7 Å². The average molecular weight is 528 g/mol. The van der Waals surface area contributed by atoms with Crippen molar-refractivity contribution in [1.82, 2.24) is 9.97 Å². The predicted molar refractivity (Wildman–Crippen MR) is 150 cm³/mol. The molecule has 3 heterocycles. The Hall–Kier alpha value is -4.04. The maximum atomic E-state index is 13.5. The highest BCUT2D eigenvalue weighted by molar-refractivity contribution is 7.22. The number of pyridine rings is 1. The number of hydrogen-bond donors (Lipinski definition) is 1. The Bertz CT molecular complexity index is 1550. The van der Waals surface area contributed by atoms with Gasteiger partial charge in [0.15, 0.2) is 5.13 Å². The van der Waals surface area contributed by atoms with E-state index in [4.69, 9.17) is 9.72 Å². The van der Waals surface area contributed by atoms with Crippen LogP contribution in [0.1, 0.15) is 56.8 Å². The van der Waals surface area contributed by atoms with Crippen molar-refractivity contribution in [2.24, 2.45) is 0 Å². The molecule has 8 heteroatoms. The highest BCUT2D eigenvalue weighted by atomic mass is 32.1. The second kappa shape index (κ2) is 10.0. The fourth-order valence-electron chi connectivity index (χ4n) is 4.47. The van der Waals surface area contributed by atoms with Crippen LogP contribution in [0.15, 0.2) is 72.6 Å². The lowest BCUT2D eigenvalue weighted by Crippen LogP contribution is -2.29. The maximum absolute atomic E-state index is 13.5. The number of ether oxygens (including phenoxy) is 1. The predicted octanol–water partition coefficient (Wildman–Crippen LogP) is 6.40. The second-order valence-electron chi connectivity index (χ2n) is 10.3. The van der Waals surface area contributed by atoms with Gasteiger partial charge in [-0.15, -0.1) is 0 Å². The number of aliphatic hydroxyl groups is 1. The number of aromatic nitrogens is 2. The zero-order valence-electron chi connectivity index (χ0n) is 21.8. The van der Waals surface area contributed by atoms with Crippen LogP contribution in [-0.2, 0) is 15.0 Å². The third-order valence-electron chi connectivity index (χ3n) is 6.47. The third kappa shape index (κ3) is 4.67. The van der Waals surface area contributed by atoms with Crippen molar-refractivity contribution in [2.45, 2.75) is 45.6 Å². The summed E-state index contributed by atoms with van der Waals surface area (Å²) in [6.07, 6.45) is 4.06. The lowest BCUT2D eigenvalue weighted by Gasteiger charge is -2.22. The van der Waals surface area contributed by atoms with Gasteiger partial charge in [-0.2, -0.15) is 0 Å². The molecule has 0 radical (unpaired) electrons. The lowest BCUT2D eigenvalue weighted by molar-refractivity contribution is -0.132. The third-order valence-corrected chi connectivity index (χ3v) is 7.49. The standard InChI is InChI=1S/C30H29N3O4S/c1-5-14-37-21-10-6-8-18(15-21)26(34)24-25(19-9-7-13-31-17-19)33(28(36)27(24)35)29-32-22-12-11-20(30(2,3)4)16-23(22)38-29/h6-13,15-17,25,34H,5,14H2,1-4H3/b26-24+. The van der Waals surface area contributed by atoms with Crippen molar-refractivity contribution in [2.75, 3.05) is 11.5 Å². The van der Waals surface area contributed by atoms with E-state index >= 15 is 0 Å². The van der Waals surface area contributed by atoms with Crippen LogP contribution in [-0.4, -0.2) is 33.4 Å². The Morgan fingerprint density at radius 1 is 1.11 bits per heavy atom. The smallest absolute Gasteiger partial charge is 0.301 e. The molecule has 5 rings (SSSR count).